The van der Waals surface area contributed by atoms with E-state index in [1.807, 2.05) is 11.6 Å². The van der Waals surface area contributed by atoms with Crippen molar-refractivity contribution in [2.75, 3.05) is 19.6 Å². The van der Waals surface area contributed by atoms with Crippen molar-refractivity contribution in [2.24, 2.45) is 7.05 Å². The molecular weight excluding hydrogens is 226 g/mol. The molecule has 0 atom stereocenters. The van der Waals surface area contributed by atoms with Gasteiger partial charge < -0.3 is 9.88 Å². The lowest BCUT2D eigenvalue weighted by Gasteiger charge is -2.49. The molecule has 0 unspecified atom stereocenters. The van der Waals surface area contributed by atoms with E-state index in [0.29, 0.717) is 5.54 Å². The van der Waals surface area contributed by atoms with Crippen LogP contribution in [0.4, 0.5) is 0 Å². The summed E-state index contributed by atoms with van der Waals surface area (Å²) in [5, 5.41) is 11.8. The van der Waals surface area contributed by atoms with Crippen LogP contribution in [0.25, 0.3) is 0 Å². The van der Waals surface area contributed by atoms with Crippen LogP contribution in [-0.2, 0) is 13.6 Å². The number of piperazine rings is 1. The standard InChI is InChI=1S/C13H23N5/c1-17-11-15-16-12(17)9-18-8-7-14-10-13(18)5-3-2-4-6-13/h11,14H,2-10H2,1H3. The first kappa shape index (κ1) is 12.1. The minimum absolute atomic E-state index is 0.377. The third-order valence-corrected chi connectivity index (χ3v) is 4.61. The largest absolute Gasteiger partial charge is 0.320 e. The first-order valence-electron chi connectivity index (χ1n) is 7.09. The van der Waals surface area contributed by atoms with Crippen molar-refractivity contribution in [3.63, 3.8) is 0 Å². The average molecular weight is 249 g/mol. The molecule has 0 amide bonds. The Labute approximate surface area is 109 Å². The van der Waals surface area contributed by atoms with Gasteiger partial charge in [-0.15, -0.1) is 10.2 Å². The van der Waals surface area contributed by atoms with E-state index in [2.05, 4.69) is 20.4 Å². The summed E-state index contributed by atoms with van der Waals surface area (Å²) in [6.07, 6.45) is 8.61. The van der Waals surface area contributed by atoms with Crippen LogP contribution < -0.4 is 5.32 Å². The molecule has 5 heteroatoms. The fourth-order valence-corrected chi connectivity index (χ4v) is 3.45. The van der Waals surface area contributed by atoms with Crippen molar-refractivity contribution < 1.29 is 0 Å². The van der Waals surface area contributed by atoms with Gasteiger partial charge in [-0.2, -0.15) is 0 Å². The van der Waals surface area contributed by atoms with Crippen LogP contribution in [0.1, 0.15) is 37.9 Å². The molecule has 1 aliphatic heterocycles. The monoisotopic (exact) mass is 249 g/mol. The minimum Gasteiger partial charge on any atom is -0.320 e. The molecule has 1 aliphatic carbocycles. The van der Waals surface area contributed by atoms with E-state index in [-0.39, 0.29) is 0 Å². The molecule has 100 valence electrons. The van der Waals surface area contributed by atoms with Crippen LogP contribution in [-0.4, -0.2) is 44.8 Å². The van der Waals surface area contributed by atoms with Crippen LogP contribution in [0, 0.1) is 0 Å². The number of aryl methyl sites for hydroxylation is 1. The second-order valence-corrected chi connectivity index (χ2v) is 5.74. The highest BCUT2D eigenvalue weighted by molar-refractivity contribution is 5.00. The fraction of sp³-hybridized carbons (Fsp3) is 0.846. The summed E-state index contributed by atoms with van der Waals surface area (Å²) >= 11 is 0. The number of hydrogen-bond donors (Lipinski definition) is 1. The lowest BCUT2D eigenvalue weighted by Crippen LogP contribution is -2.61. The molecular formula is C13H23N5. The van der Waals surface area contributed by atoms with E-state index in [1.54, 1.807) is 6.33 Å². The maximum atomic E-state index is 4.24. The fourth-order valence-electron chi connectivity index (χ4n) is 3.45. The molecule has 0 aromatic carbocycles. The predicted molar refractivity (Wildman–Crippen MR) is 70.1 cm³/mol. The third kappa shape index (κ3) is 2.17. The number of nitrogens with zero attached hydrogens (tertiary/aromatic N) is 4. The highest BCUT2D eigenvalue weighted by Crippen LogP contribution is 2.35. The lowest BCUT2D eigenvalue weighted by molar-refractivity contribution is 0.0182. The van der Waals surface area contributed by atoms with Crippen LogP contribution in [0.15, 0.2) is 6.33 Å². The molecule has 1 aromatic rings. The van der Waals surface area contributed by atoms with E-state index in [9.17, 15) is 0 Å². The van der Waals surface area contributed by atoms with Gasteiger partial charge in [0.1, 0.15) is 12.2 Å². The molecule has 1 spiro atoms. The first-order chi connectivity index (χ1) is 8.80. The van der Waals surface area contributed by atoms with E-state index in [0.717, 1.165) is 32.0 Å². The van der Waals surface area contributed by atoms with Crippen molar-refractivity contribution in [2.45, 2.75) is 44.2 Å². The van der Waals surface area contributed by atoms with Gasteiger partial charge in [-0.25, -0.2) is 0 Å². The molecule has 1 saturated carbocycles. The molecule has 3 rings (SSSR count). The molecule has 0 bridgehead atoms. The van der Waals surface area contributed by atoms with Crippen LogP contribution in [0.3, 0.4) is 0 Å². The number of hydrogen-bond acceptors (Lipinski definition) is 4. The second kappa shape index (κ2) is 4.97. The maximum absolute atomic E-state index is 4.24. The maximum Gasteiger partial charge on any atom is 0.146 e. The van der Waals surface area contributed by atoms with Crippen molar-refractivity contribution in [1.29, 1.82) is 0 Å². The zero-order chi connectivity index (χ0) is 12.4. The predicted octanol–water partition coefficient (Wildman–Crippen LogP) is 0.923. The quantitative estimate of drug-likeness (QED) is 0.847. The molecule has 2 fully saturated rings. The summed E-state index contributed by atoms with van der Waals surface area (Å²) < 4.78 is 2.04. The van der Waals surface area contributed by atoms with Gasteiger partial charge in [0.05, 0.1) is 6.54 Å². The highest BCUT2D eigenvalue weighted by atomic mass is 15.3. The van der Waals surface area contributed by atoms with Gasteiger partial charge in [-0.05, 0) is 12.8 Å². The van der Waals surface area contributed by atoms with Gasteiger partial charge >= 0.3 is 0 Å². The molecule has 1 N–H and O–H groups in total. The summed E-state index contributed by atoms with van der Waals surface area (Å²) in [5.74, 6) is 1.09. The normalized spacial score (nSPS) is 24.5. The van der Waals surface area contributed by atoms with E-state index < -0.39 is 0 Å². The smallest absolute Gasteiger partial charge is 0.146 e. The zero-order valence-corrected chi connectivity index (χ0v) is 11.2. The van der Waals surface area contributed by atoms with Crippen molar-refractivity contribution >= 4 is 0 Å². The van der Waals surface area contributed by atoms with E-state index in [4.69, 9.17) is 0 Å². The Hall–Kier alpha value is -0.940. The Morgan fingerprint density at radius 1 is 1.33 bits per heavy atom. The molecule has 0 radical (unpaired) electrons. The Morgan fingerprint density at radius 2 is 2.17 bits per heavy atom. The molecule has 18 heavy (non-hydrogen) atoms. The summed E-state index contributed by atoms with van der Waals surface area (Å²) in [7, 11) is 2.03. The summed E-state index contributed by atoms with van der Waals surface area (Å²) in [6, 6.07) is 0. The van der Waals surface area contributed by atoms with Crippen molar-refractivity contribution in [3.8, 4) is 0 Å². The topological polar surface area (TPSA) is 46.0 Å². The molecule has 1 aromatic heterocycles. The van der Waals surface area contributed by atoms with E-state index in [1.165, 1.54) is 32.1 Å². The summed E-state index contributed by atoms with van der Waals surface area (Å²) in [6.45, 7) is 4.31. The number of rotatable bonds is 2. The molecule has 5 nitrogen and oxygen atoms in total. The molecule has 1 saturated heterocycles. The first-order valence-corrected chi connectivity index (χ1v) is 7.09. The summed E-state index contributed by atoms with van der Waals surface area (Å²) in [5.41, 5.74) is 0.377. The van der Waals surface area contributed by atoms with Gasteiger partial charge in [0.15, 0.2) is 0 Å². The molecule has 2 heterocycles. The minimum atomic E-state index is 0.377. The van der Waals surface area contributed by atoms with Crippen LogP contribution in [0.5, 0.6) is 0 Å². The number of aromatic nitrogens is 3. The van der Waals surface area contributed by atoms with Gasteiger partial charge in [-0.3, -0.25) is 4.90 Å². The lowest BCUT2D eigenvalue weighted by atomic mass is 9.79. The number of nitrogens with one attached hydrogen (secondary N) is 1. The SMILES string of the molecule is Cn1cnnc1CN1CCNCC12CCCCC2. The second-order valence-electron chi connectivity index (χ2n) is 5.74. The van der Waals surface area contributed by atoms with Crippen molar-refractivity contribution in [3.05, 3.63) is 12.2 Å². The Bertz CT molecular complexity index is 386. The highest BCUT2D eigenvalue weighted by Gasteiger charge is 2.39. The Balaban J connectivity index is 1.77. The van der Waals surface area contributed by atoms with Gasteiger partial charge in [-0.1, -0.05) is 19.3 Å². The van der Waals surface area contributed by atoms with Gasteiger partial charge in [0, 0.05) is 32.2 Å². The molecule has 2 aliphatic rings. The van der Waals surface area contributed by atoms with Crippen LogP contribution >= 0.6 is 0 Å². The Morgan fingerprint density at radius 3 is 2.89 bits per heavy atom. The van der Waals surface area contributed by atoms with E-state index >= 15 is 0 Å². The van der Waals surface area contributed by atoms with Gasteiger partial charge in [0.2, 0.25) is 0 Å². The third-order valence-electron chi connectivity index (χ3n) is 4.61. The van der Waals surface area contributed by atoms with Crippen molar-refractivity contribution in [1.82, 2.24) is 25.0 Å². The average Bonchev–Trinajstić information content (AvgIpc) is 2.79. The zero-order valence-electron chi connectivity index (χ0n) is 11.2. The Kier molecular flexibility index (Phi) is 3.35. The van der Waals surface area contributed by atoms with Crippen LogP contribution in [0.2, 0.25) is 0 Å². The van der Waals surface area contributed by atoms with Gasteiger partial charge in [0.25, 0.3) is 0 Å². The summed E-state index contributed by atoms with van der Waals surface area (Å²) in [4.78, 5) is 2.65.